The van der Waals surface area contributed by atoms with Gasteiger partial charge < -0.3 is 14.6 Å². The van der Waals surface area contributed by atoms with Crippen LogP contribution in [0.1, 0.15) is 30.9 Å². The average molecular weight is 448 g/mol. The Labute approximate surface area is 190 Å². The van der Waals surface area contributed by atoms with Gasteiger partial charge in [-0.3, -0.25) is 4.79 Å². The van der Waals surface area contributed by atoms with Gasteiger partial charge in [-0.15, -0.1) is 0 Å². The third-order valence-corrected chi connectivity index (χ3v) is 7.20. The molecule has 2 aliphatic heterocycles. The van der Waals surface area contributed by atoms with Crippen LogP contribution in [0.2, 0.25) is 5.02 Å². The zero-order valence-corrected chi connectivity index (χ0v) is 18.3. The molecular weight excluding hydrogens is 426 g/mol. The Morgan fingerprint density at radius 2 is 1.91 bits per heavy atom. The molecule has 0 radical (unpaired) electrons. The lowest BCUT2D eigenvalue weighted by Gasteiger charge is -2.19. The number of Topliss-reactive ketones (excluding diaryl/α,β-unsaturated/α-hetero) is 1. The Balaban J connectivity index is 1.32. The van der Waals surface area contributed by atoms with Crippen molar-refractivity contribution >= 4 is 33.9 Å². The van der Waals surface area contributed by atoms with E-state index in [1.165, 1.54) is 0 Å². The van der Waals surface area contributed by atoms with E-state index < -0.39 is 0 Å². The quantitative estimate of drug-likeness (QED) is 0.540. The number of ketones is 1. The number of carbonyl (C=O) groups excluding carboxylic acids is 1. The number of allylic oxidation sites excluding steroid dienone is 1. The van der Waals surface area contributed by atoms with Gasteiger partial charge in [0.25, 0.3) is 0 Å². The highest BCUT2D eigenvalue weighted by Crippen LogP contribution is 2.53. The summed E-state index contributed by atoms with van der Waals surface area (Å²) < 4.78 is 11.9. The Hall–Kier alpha value is -2.89. The molecule has 1 aromatic heterocycles. The predicted molar refractivity (Wildman–Crippen MR) is 122 cm³/mol. The van der Waals surface area contributed by atoms with Crippen LogP contribution < -0.4 is 4.74 Å². The third-order valence-electron chi connectivity index (χ3n) is 6.97. The van der Waals surface area contributed by atoms with E-state index in [1.54, 1.807) is 6.07 Å². The van der Waals surface area contributed by atoms with Gasteiger partial charge in [-0.1, -0.05) is 24.6 Å². The molecule has 2 fully saturated rings. The number of nitrogens with zero attached hydrogens (tertiary/aromatic N) is 1. The van der Waals surface area contributed by atoms with Crippen LogP contribution in [0.5, 0.6) is 11.6 Å². The first-order valence-corrected chi connectivity index (χ1v) is 11.4. The SMILES string of the molecule is CCc1cc(Oc2ccc3cc(Cl)ccc3n2)ccc1C1=C(O)[C@H]2C3CCC(O3)[C@H]2C1=O. The Morgan fingerprint density at radius 3 is 2.69 bits per heavy atom. The van der Waals surface area contributed by atoms with Gasteiger partial charge in [-0.2, -0.15) is 0 Å². The first kappa shape index (κ1) is 19.8. The van der Waals surface area contributed by atoms with Crippen molar-refractivity contribution in [1.29, 1.82) is 0 Å². The van der Waals surface area contributed by atoms with E-state index in [-0.39, 0.29) is 35.6 Å². The molecule has 32 heavy (non-hydrogen) atoms. The van der Waals surface area contributed by atoms with Crippen molar-refractivity contribution in [2.75, 3.05) is 0 Å². The minimum absolute atomic E-state index is 0.0120. The summed E-state index contributed by atoms with van der Waals surface area (Å²) in [7, 11) is 0. The summed E-state index contributed by atoms with van der Waals surface area (Å²) in [6.07, 6.45) is 2.43. The number of aryl methyl sites for hydroxylation is 1. The number of fused-ring (bicyclic) bond motifs is 6. The first-order chi connectivity index (χ1) is 15.5. The fraction of sp³-hybridized carbons (Fsp3) is 0.308. The van der Waals surface area contributed by atoms with Crippen LogP contribution in [0.25, 0.3) is 16.5 Å². The van der Waals surface area contributed by atoms with E-state index in [2.05, 4.69) is 4.98 Å². The van der Waals surface area contributed by atoms with Gasteiger partial charge in [0.15, 0.2) is 5.78 Å². The highest BCUT2D eigenvalue weighted by Gasteiger charge is 2.59. The van der Waals surface area contributed by atoms with Crippen LogP contribution in [0, 0.1) is 11.8 Å². The van der Waals surface area contributed by atoms with Crippen molar-refractivity contribution in [2.45, 2.75) is 38.4 Å². The van der Waals surface area contributed by atoms with Crippen molar-refractivity contribution in [2.24, 2.45) is 11.8 Å². The normalized spacial score (nSPS) is 26.2. The molecule has 1 aliphatic carbocycles. The van der Waals surface area contributed by atoms with Gasteiger partial charge >= 0.3 is 0 Å². The fourth-order valence-corrected chi connectivity index (χ4v) is 5.69. The van der Waals surface area contributed by atoms with Gasteiger partial charge in [0.2, 0.25) is 5.88 Å². The minimum Gasteiger partial charge on any atom is -0.511 e. The summed E-state index contributed by atoms with van der Waals surface area (Å²) in [5.41, 5.74) is 3.01. The van der Waals surface area contributed by atoms with Crippen LogP contribution >= 0.6 is 11.6 Å². The van der Waals surface area contributed by atoms with Crippen molar-refractivity contribution in [3.63, 3.8) is 0 Å². The summed E-state index contributed by atoms with van der Waals surface area (Å²) >= 11 is 6.05. The number of carbonyl (C=O) groups is 1. The number of aromatic nitrogens is 1. The molecule has 162 valence electrons. The molecule has 6 heteroatoms. The number of aliphatic hydroxyl groups is 1. The predicted octanol–water partition coefficient (Wildman–Crippen LogP) is 5.89. The molecule has 2 aromatic carbocycles. The van der Waals surface area contributed by atoms with Crippen LogP contribution in [0.4, 0.5) is 0 Å². The van der Waals surface area contributed by atoms with Gasteiger partial charge in [0.05, 0.1) is 35.1 Å². The number of hydrogen-bond acceptors (Lipinski definition) is 5. The number of pyridine rings is 1. The second-order valence-corrected chi connectivity index (χ2v) is 9.16. The number of ether oxygens (including phenoxy) is 2. The second-order valence-electron chi connectivity index (χ2n) is 8.73. The van der Waals surface area contributed by atoms with Crippen LogP contribution in [0.3, 0.4) is 0 Å². The zero-order valence-electron chi connectivity index (χ0n) is 17.5. The Bertz CT molecular complexity index is 1300. The van der Waals surface area contributed by atoms with Crippen molar-refractivity contribution in [3.8, 4) is 11.6 Å². The molecule has 3 aliphatic rings. The summed E-state index contributed by atoms with van der Waals surface area (Å²) in [4.78, 5) is 17.8. The van der Waals surface area contributed by atoms with E-state index in [0.29, 0.717) is 28.6 Å². The van der Waals surface area contributed by atoms with E-state index in [1.807, 2.05) is 49.4 Å². The molecule has 1 N–H and O–H groups in total. The van der Waals surface area contributed by atoms with Gasteiger partial charge in [-0.25, -0.2) is 4.98 Å². The highest BCUT2D eigenvalue weighted by molar-refractivity contribution is 6.31. The summed E-state index contributed by atoms with van der Waals surface area (Å²) in [5, 5.41) is 12.6. The van der Waals surface area contributed by atoms with Crippen LogP contribution in [0.15, 0.2) is 54.3 Å². The lowest BCUT2D eigenvalue weighted by Crippen LogP contribution is -2.29. The van der Waals surface area contributed by atoms with Crippen molar-refractivity contribution in [1.82, 2.24) is 4.98 Å². The molecule has 4 atom stereocenters. The monoisotopic (exact) mass is 447 g/mol. The molecule has 0 spiro atoms. The lowest BCUT2D eigenvalue weighted by molar-refractivity contribution is -0.118. The minimum atomic E-state index is -0.236. The molecule has 3 heterocycles. The molecular formula is C26H22ClNO4. The molecule has 2 saturated heterocycles. The fourth-order valence-electron chi connectivity index (χ4n) is 5.51. The van der Waals surface area contributed by atoms with Crippen molar-refractivity contribution in [3.05, 3.63) is 70.4 Å². The van der Waals surface area contributed by atoms with Crippen molar-refractivity contribution < 1.29 is 19.4 Å². The van der Waals surface area contributed by atoms with Gasteiger partial charge in [0.1, 0.15) is 11.5 Å². The molecule has 5 nitrogen and oxygen atoms in total. The molecule has 0 amide bonds. The molecule has 6 rings (SSSR count). The zero-order chi connectivity index (χ0) is 22.0. The van der Waals surface area contributed by atoms with E-state index >= 15 is 0 Å². The molecule has 3 aromatic rings. The summed E-state index contributed by atoms with van der Waals surface area (Å²) in [6, 6.07) is 14.9. The number of benzene rings is 2. The number of aliphatic hydroxyl groups excluding tert-OH is 1. The first-order valence-electron chi connectivity index (χ1n) is 11.0. The number of halogens is 1. The summed E-state index contributed by atoms with van der Waals surface area (Å²) in [6.45, 7) is 2.03. The third kappa shape index (κ3) is 2.95. The second kappa shape index (κ2) is 7.32. The molecule has 0 saturated carbocycles. The Morgan fingerprint density at radius 1 is 1.09 bits per heavy atom. The average Bonchev–Trinajstić information content (AvgIpc) is 3.48. The molecule has 2 unspecified atom stereocenters. The van der Waals surface area contributed by atoms with E-state index in [9.17, 15) is 9.90 Å². The largest absolute Gasteiger partial charge is 0.511 e. The van der Waals surface area contributed by atoms with Gasteiger partial charge in [0, 0.05) is 16.5 Å². The van der Waals surface area contributed by atoms with E-state index in [4.69, 9.17) is 21.1 Å². The smallest absolute Gasteiger partial charge is 0.219 e. The maximum Gasteiger partial charge on any atom is 0.219 e. The Kier molecular flexibility index (Phi) is 4.52. The molecule has 2 bridgehead atoms. The van der Waals surface area contributed by atoms with Crippen LogP contribution in [-0.2, 0) is 16.0 Å². The number of hydrogen-bond donors (Lipinski definition) is 1. The lowest BCUT2D eigenvalue weighted by atomic mass is 9.80. The van der Waals surface area contributed by atoms with Crippen LogP contribution in [-0.4, -0.2) is 28.1 Å². The highest BCUT2D eigenvalue weighted by atomic mass is 35.5. The topological polar surface area (TPSA) is 68.7 Å². The standard InChI is InChI=1S/C26H22ClNO4/c1-2-13-12-16(31-21-10-3-14-11-15(27)4-7-18(14)28-21)5-6-17(13)22-25(29)23-19-8-9-20(32-19)24(23)26(22)30/h3-7,10-12,19-20,23-24,29H,2,8-9H2,1H3/t19?,20?,23-,24+/m0/s1. The maximum absolute atomic E-state index is 13.2. The summed E-state index contributed by atoms with van der Waals surface area (Å²) in [5.74, 6) is 0.910. The maximum atomic E-state index is 13.2. The van der Waals surface area contributed by atoms with Gasteiger partial charge in [-0.05, 0) is 66.8 Å². The van der Waals surface area contributed by atoms with E-state index in [0.717, 1.165) is 34.9 Å². The number of rotatable bonds is 4.